The highest BCUT2D eigenvalue weighted by atomic mass is 16.7. The highest BCUT2D eigenvalue weighted by molar-refractivity contribution is 6.61. The molecule has 20 heavy (non-hydrogen) atoms. The average Bonchev–Trinajstić information content (AvgIpc) is 2.97. The third kappa shape index (κ3) is 2.36. The van der Waals surface area contributed by atoms with E-state index in [0.717, 1.165) is 30.8 Å². The molecular weight excluding hydrogens is 253 g/mol. The molecule has 0 aliphatic carbocycles. The Morgan fingerprint density at radius 2 is 1.85 bits per heavy atom. The molecule has 0 aromatic carbocycles. The van der Waals surface area contributed by atoms with Crippen molar-refractivity contribution < 1.29 is 9.31 Å². The van der Waals surface area contributed by atoms with E-state index >= 15 is 0 Å². The molecule has 2 aliphatic heterocycles. The molecule has 1 N–H and O–H groups in total. The molecule has 0 radical (unpaired) electrons. The molecule has 5 nitrogen and oxygen atoms in total. The molecule has 1 unspecified atom stereocenters. The molecule has 2 saturated heterocycles. The van der Waals surface area contributed by atoms with Crippen LogP contribution in [0.5, 0.6) is 0 Å². The van der Waals surface area contributed by atoms with E-state index in [1.165, 1.54) is 0 Å². The molecule has 108 valence electrons. The lowest BCUT2D eigenvalue weighted by Gasteiger charge is -2.32. The Bertz CT molecular complexity index is 468. The predicted molar refractivity (Wildman–Crippen MR) is 78.0 cm³/mol. The number of rotatable bonds is 2. The van der Waals surface area contributed by atoms with Gasteiger partial charge in [0.05, 0.1) is 22.5 Å². The summed E-state index contributed by atoms with van der Waals surface area (Å²) in [6, 6.07) is 0. The van der Waals surface area contributed by atoms with Crippen molar-refractivity contribution in [3.05, 3.63) is 18.1 Å². The van der Waals surface area contributed by atoms with E-state index in [2.05, 4.69) is 15.3 Å². The summed E-state index contributed by atoms with van der Waals surface area (Å²) in [4.78, 5) is 9.03. The van der Waals surface area contributed by atoms with Crippen LogP contribution < -0.4 is 10.9 Å². The summed E-state index contributed by atoms with van der Waals surface area (Å²) in [6.45, 7) is 10.2. The quantitative estimate of drug-likeness (QED) is 0.811. The van der Waals surface area contributed by atoms with Crippen LogP contribution in [0.3, 0.4) is 0 Å². The molecule has 2 fully saturated rings. The van der Waals surface area contributed by atoms with Crippen LogP contribution in [0.2, 0.25) is 0 Å². The fourth-order valence-corrected chi connectivity index (χ4v) is 2.55. The summed E-state index contributed by atoms with van der Waals surface area (Å²) in [5.41, 5.74) is 1.12. The first kappa shape index (κ1) is 14.0. The maximum atomic E-state index is 5.98. The second-order valence-electron chi connectivity index (χ2n) is 6.64. The third-order valence-electron chi connectivity index (χ3n) is 4.67. The molecule has 2 aliphatic rings. The number of hydrogen-bond acceptors (Lipinski definition) is 5. The van der Waals surface area contributed by atoms with Gasteiger partial charge in [-0.15, -0.1) is 0 Å². The Morgan fingerprint density at radius 1 is 1.15 bits per heavy atom. The van der Waals surface area contributed by atoms with Gasteiger partial charge < -0.3 is 14.6 Å². The van der Waals surface area contributed by atoms with Crippen molar-refractivity contribution >= 4 is 12.7 Å². The molecule has 3 rings (SSSR count). The van der Waals surface area contributed by atoms with Crippen molar-refractivity contribution in [3.63, 3.8) is 0 Å². The van der Waals surface area contributed by atoms with Gasteiger partial charge in [-0.3, -0.25) is 9.97 Å². The van der Waals surface area contributed by atoms with E-state index in [0.29, 0.717) is 5.92 Å². The smallest absolute Gasteiger partial charge is 0.398 e. The standard InChI is InChI=1S/C14H22BN3O2/c1-13(2)14(3,4)20-15(19-13)12-9-17-11(8-18-12)10-5-6-16-7-10/h8-10,16H,5-7H2,1-4H3. The van der Waals surface area contributed by atoms with Crippen LogP contribution in [0.4, 0.5) is 0 Å². The molecule has 1 aromatic rings. The Labute approximate surface area is 120 Å². The lowest BCUT2D eigenvalue weighted by molar-refractivity contribution is 0.00578. The molecule has 0 amide bonds. The minimum atomic E-state index is -0.428. The fourth-order valence-electron chi connectivity index (χ4n) is 2.55. The summed E-state index contributed by atoms with van der Waals surface area (Å²) >= 11 is 0. The first-order valence-electron chi connectivity index (χ1n) is 7.27. The van der Waals surface area contributed by atoms with Crippen molar-refractivity contribution in [1.82, 2.24) is 15.3 Å². The zero-order chi connectivity index (χ0) is 14.4. The van der Waals surface area contributed by atoms with Crippen molar-refractivity contribution in [3.8, 4) is 0 Å². The van der Waals surface area contributed by atoms with Gasteiger partial charge in [0.25, 0.3) is 0 Å². The molecule has 3 heterocycles. The Balaban J connectivity index is 1.75. The topological polar surface area (TPSA) is 56.3 Å². The highest BCUT2D eigenvalue weighted by Crippen LogP contribution is 2.36. The van der Waals surface area contributed by atoms with Crippen LogP contribution in [0, 0.1) is 0 Å². The first-order chi connectivity index (χ1) is 9.39. The molecule has 6 heteroatoms. The lowest BCUT2D eigenvalue weighted by Crippen LogP contribution is -2.41. The van der Waals surface area contributed by atoms with Gasteiger partial charge in [0.1, 0.15) is 0 Å². The van der Waals surface area contributed by atoms with Crippen LogP contribution >= 0.6 is 0 Å². The normalized spacial score (nSPS) is 28.0. The number of hydrogen-bond donors (Lipinski definition) is 1. The van der Waals surface area contributed by atoms with E-state index in [4.69, 9.17) is 9.31 Å². The van der Waals surface area contributed by atoms with Gasteiger partial charge in [0, 0.05) is 24.9 Å². The van der Waals surface area contributed by atoms with Crippen LogP contribution in [0.15, 0.2) is 12.4 Å². The molecular formula is C14H22BN3O2. The van der Waals surface area contributed by atoms with Gasteiger partial charge in [-0.2, -0.15) is 0 Å². The first-order valence-corrected chi connectivity index (χ1v) is 7.27. The minimum Gasteiger partial charge on any atom is -0.398 e. The monoisotopic (exact) mass is 275 g/mol. The van der Waals surface area contributed by atoms with E-state index < -0.39 is 7.12 Å². The second kappa shape index (κ2) is 4.79. The lowest BCUT2D eigenvalue weighted by atomic mass is 9.85. The maximum Gasteiger partial charge on any atom is 0.516 e. The average molecular weight is 275 g/mol. The van der Waals surface area contributed by atoms with Crippen molar-refractivity contribution in [2.75, 3.05) is 13.1 Å². The van der Waals surface area contributed by atoms with Gasteiger partial charge in [-0.05, 0) is 40.7 Å². The second-order valence-corrected chi connectivity index (χ2v) is 6.64. The number of nitrogens with zero attached hydrogens (tertiary/aromatic N) is 2. The Hall–Kier alpha value is -0.975. The SMILES string of the molecule is CC1(C)OB(c2cnc(C3CCNC3)cn2)OC1(C)C. The summed E-state index contributed by atoms with van der Waals surface area (Å²) in [5, 5.41) is 3.34. The van der Waals surface area contributed by atoms with Crippen LogP contribution in [0.1, 0.15) is 45.7 Å². The van der Waals surface area contributed by atoms with Crippen molar-refractivity contribution in [2.24, 2.45) is 0 Å². The summed E-state index contributed by atoms with van der Waals surface area (Å²) in [5.74, 6) is 0.481. The van der Waals surface area contributed by atoms with Gasteiger partial charge in [-0.25, -0.2) is 0 Å². The Kier molecular flexibility index (Phi) is 3.35. The van der Waals surface area contributed by atoms with Gasteiger partial charge in [0.2, 0.25) is 0 Å². The summed E-state index contributed by atoms with van der Waals surface area (Å²) in [7, 11) is -0.428. The number of nitrogens with one attached hydrogen (secondary N) is 1. The van der Waals surface area contributed by atoms with Crippen LogP contribution in [0.25, 0.3) is 0 Å². The maximum absolute atomic E-state index is 5.98. The molecule has 0 saturated carbocycles. The largest absolute Gasteiger partial charge is 0.516 e. The predicted octanol–water partition coefficient (Wildman–Crippen LogP) is 0.853. The zero-order valence-electron chi connectivity index (χ0n) is 12.6. The van der Waals surface area contributed by atoms with Crippen molar-refractivity contribution in [2.45, 2.75) is 51.2 Å². The van der Waals surface area contributed by atoms with E-state index in [1.54, 1.807) is 6.20 Å². The molecule has 0 bridgehead atoms. The van der Waals surface area contributed by atoms with E-state index in [9.17, 15) is 0 Å². The highest BCUT2D eigenvalue weighted by Gasteiger charge is 2.52. The van der Waals surface area contributed by atoms with E-state index in [1.807, 2.05) is 33.9 Å². The minimum absolute atomic E-state index is 0.340. The Morgan fingerprint density at radius 3 is 2.35 bits per heavy atom. The third-order valence-corrected chi connectivity index (χ3v) is 4.67. The number of aromatic nitrogens is 2. The summed E-state index contributed by atoms with van der Waals surface area (Å²) in [6.07, 6.45) is 4.78. The molecule has 0 spiro atoms. The zero-order valence-corrected chi connectivity index (χ0v) is 12.6. The molecule has 1 aromatic heterocycles. The van der Waals surface area contributed by atoms with Gasteiger partial charge in [0.15, 0.2) is 0 Å². The fraction of sp³-hybridized carbons (Fsp3) is 0.714. The van der Waals surface area contributed by atoms with Gasteiger partial charge >= 0.3 is 7.12 Å². The van der Waals surface area contributed by atoms with Crippen molar-refractivity contribution in [1.29, 1.82) is 0 Å². The molecule has 1 atom stereocenters. The summed E-state index contributed by atoms with van der Waals surface area (Å²) < 4.78 is 12.0. The van der Waals surface area contributed by atoms with E-state index in [-0.39, 0.29) is 11.2 Å². The van der Waals surface area contributed by atoms with Crippen LogP contribution in [-0.2, 0) is 9.31 Å². The van der Waals surface area contributed by atoms with Gasteiger partial charge in [-0.1, -0.05) is 0 Å². The van der Waals surface area contributed by atoms with Crippen LogP contribution in [-0.4, -0.2) is 41.4 Å².